The highest BCUT2D eigenvalue weighted by Gasteiger charge is 2.53. The lowest BCUT2D eigenvalue weighted by Crippen LogP contribution is -2.53. The maximum Gasteiger partial charge on any atom is 0.410 e. The van der Waals surface area contributed by atoms with Crippen molar-refractivity contribution < 1.29 is 19.1 Å². The molecule has 4 unspecified atom stereocenters. The minimum Gasteiger partial charge on any atom is -0.469 e. The Bertz CT molecular complexity index is 770. The number of benzene rings is 1. The first-order valence-corrected chi connectivity index (χ1v) is 11.2. The fourth-order valence-electron chi connectivity index (χ4n) is 4.35. The van der Waals surface area contributed by atoms with Crippen LogP contribution < -0.4 is 0 Å². The number of piperidine rings is 1. The first-order valence-electron chi connectivity index (χ1n) is 8.98. The SMILES string of the molecule is COC(=O)C1C(c2ccc(C)c(I)c2)CC2CCC1N2C(=O)OCC(Cl)(Cl)Cl. The van der Waals surface area contributed by atoms with Gasteiger partial charge in [-0.25, -0.2) is 4.79 Å². The standard InChI is InChI=1S/C19H21Cl3INO4/c1-10-3-4-11(7-14(10)23)13-8-12-5-6-15(16(13)17(25)27-2)24(12)18(26)28-9-19(20,21)22/h3-4,7,12-13,15-16H,5-6,8-9H2,1-2H3. The number of hydrogen-bond acceptors (Lipinski definition) is 4. The number of nitrogens with zero attached hydrogens (tertiary/aromatic N) is 1. The predicted octanol–water partition coefficient (Wildman–Crippen LogP) is 5.22. The quantitative estimate of drug-likeness (QED) is 0.289. The molecule has 1 aromatic carbocycles. The normalized spacial score (nSPS) is 26.9. The highest BCUT2D eigenvalue weighted by Crippen LogP contribution is 2.48. The van der Waals surface area contributed by atoms with E-state index in [0.717, 1.165) is 15.6 Å². The molecule has 0 radical (unpaired) electrons. The van der Waals surface area contributed by atoms with Crippen molar-refractivity contribution in [3.63, 3.8) is 0 Å². The van der Waals surface area contributed by atoms with Gasteiger partial charge in [-0.1, -0.05) is 46.9 Å². The molecule has 2 fully saturated rings. The van der Waals surface area contributed by atoms with E-state index in [4.69, 9.17) is 44.3 Å². The van der Waals surface area contributed by atoms with Crippen LogP contribution in [-0.4, -0.2) is 46.6 Å². The van der Waals surface area contributed by atoms with Gasteiger partial charge in [0.2, 0.25) is 3.79 Å². The van der Waals surface area contributed by atoms with Crippen LogP contribution in [0.1, 0.15) is 36.3 Å². The zero-order valence-corrected chi connectivity index (χ0v) is 19.9. The summed E-state index contributed by atoms with van der Waals surface area (Å²) in [5.41, 5.74) is 2.28. The Morgan fingerprint density at radius 3 is 2.61 bits per heavy atom. The number of hydrogen-bond donors (Lipinski definition) is 0. The number of rotatable bonds is 3. The molecule has 2 aliphatic heterocycles. The number of fused-ring (bicyclic) bond motifs is 2. The Morgan fingerprint density at radius 1 is 1.29 bits per heavy atom. The van der Waals surface area contributed by atoms with Crippen molar-refractivity contribution in [2.45, 2.75) is 48.0 Å². The van der Waals surface area contributed by atoms with E-state index in [2.05, 4.69) is 47.7 Å². The molecule has 2 saturated heterocycles. The van der Waals surface area contributed by atoms with E-state index >= 15 is 0 Å². The number of carbonyl (C=O) groups is 2. The number of ether oxygens (including phenoxy) is 2. The number of aryl methyl sites for hydroxylation is 1. The lowest BCUT2D eigenvalue weighted by Gasteiger charge is -2.43. The lowest BCUT2D eigenvalue weighted by molar-refractivity contribution is -0.150. The van der Waals surface area contributed by atoms with Crippen molar-refractivity contribution >= 4 is 69.5 Å². The number of carbonyl (C=O) groups excluding carboxylic acids is 2. The molecule has 0 N–H and O–H groups in total. The number of methoxy groups -OCH3 is 1. The van der Waals surface area contributed by atoms with Crippen molar-refractivity contribution in [2.24, 2.45) is 5.92 Å². The van der Waals surface area contributed by atoms with Crippen molar-refractivity contribution in [1.82, 2.24) is 4.90 Å². The van der Waals surface area contributed by atoms with Crippen LogP contribution in [0.25, 0.3) is 0 Å². The maximum absolute atomic E-state index is 12.7. The number of halogens is 4. The molecule has 3 rings (SSSR count). The third-order valence-corrected chi connectivity index (χ3v) is 7.08. The second-order valence-electron chi connectivity index (χ2n) is 7.28. The second kappa shape index (κ2) is 8.74. The van der Waals surface area contributed by atoms with Crippen LogP contribution in [0.5, 0.6) is 0 Å². The predicted molar refractivity (Wildman–Crippen MR) is 117 cm³/mol. The molecule has 154 valence electrons. The van der Waals surface area contributed by atoms with Crippen LogP contribution in [0.2, 0.25) is 0 Å². The topological polar surface area (TPSA) is 55.8 Å². The summed E-state index contributed by atoms with van der Waals surface area (Å²) in [6.07, 6.45) is 1.63. The summed E-state index contributed by atoms with van der Waals surface area (Å²) in [5, 5.41) is 0. The molecule has 0 aromatic heterocycles. The molecule has 28 heavy (non-hydrogen) atoms. The minimum atomic E-state index is -1.67. The molecule has 0 aliphatic carbocycles. The van der Waals surface area contributed by atoms with Gasteiger partial charge in [-0.3, -0.25) is 4.79 Å². The largest absolute Gasteiger partial charge is 0.469 e. The van der Waals surface area contributed by atoms with Gasteiger partial charge in [0.05, 0.1) is 13.0 Å². The van der Waals surface area contributed by atoms with E-state index in [1.807, 2.05) is 0 Å². The Morgan fingerprint density at radius 2 is 2.00 bits per heavy atom. The fourth-order valence-corrected chi connectivity index (χ4v) is 5.05. The van der Waals surface area contributed by atoms with Crippen molar-refractivity contribution in [1.29, 1.82) is 0 Å². The van der Waals surface area contributed by atoms with E-state index in [1.165, 1.54) is 12.7 Å². The van der Waals surface area contributed by atoms with Gasteiger partial charge in [-0.15, -0.1) is 0 Å². The molecular formula is C19H21Cl3INO4. The highest BCUT2D eigenvalue weighted by atomic mass is 127. The minimum absolute atomic E-state index is 0.0160. The summed E-state index contributed by atoms with van der Waals surface area (Å²) in [7, 11) is 1.38. The second-order valence-corrected chi connectivity index (χ2v) is 11.0. The summed E-state index contributed by atoms with van der Waals surface area (Å²) >= 11 is 19.4. The fraction of sp³-hybridized carbons (Fsp3) is 0.579. The molecule has 1 amide bonds. The smallest absolute Gasteiger partial charge is 0.410 e. The summed E-state index contributed by atoms with van der Waals surface area (Å²) in [4.78, 5) is 27.0. The summed E-state index contributed by atoms with van der Waals surface area (Å²) in [6.45, 7) is 1.71. The third kappa shape index (κ3) is 4.65. The van der Waals surface area contributed by atoms with E-state index in [1.54, 1.807) is 4.90 Å². The lowest BCUT2D eigenvalue weighted by atomic mass is 9.76. The molecule has 5 nitrogen and oxygen atoms in total. The first-order chi connectivity index (χ1) is 13.1. The van der Waals surface area contributed by atoms with Gasteiger partial charge in [0.25, 0.3) is 0 Å². The Kier molecular flexibility index (Phi) is 6.94. The zero-order valence-electron chi connectivity index (χ0n) is 15.5. The Balaban J connectivity index is 1.88. The van der Waals surface area contributed by atoms with Gasteiger partial charge in [0, 0.05) is 21.6 Å². The van der Waals surface area contributed by atoms with Crippen LogP contribution >= 0.6 is 57.4 Å². The van der Waals surface area contributed by atoms with Crippen molar-refractivity contribution in [3.05, 3.63) is 32.9 Å². The third-order valence-electron chi connectivity index (χ3n) is 5.59. The molecule has 4 atom stereocenters. The van der Waals surface area contributed by atoms with Crippen LogP contribution in [-0.2, 0) is 14.3 Å². The molecule has 1 aromatic rings. The molecular weight excluding hydrogens is 539 g/mol. The Labute approximate surface area is 193 Å². The summed E-state index contributed by atoms with van der Waals surface area (Å²) < 4.78 is 9.78. The molecule has 2 bridgehead atoms. The van der Waals surface area contributed by atoms with Crippen LogP contribution in [0.15, 0.2) is 18.2 Å². The van der Waals surface area contributed by atoms with Gasteiger partial charge in [0.15, 0.2) is 0 Å². The summed E-state index contributed by atoms with van der Waals surface area (Å²) in [5.74, 6) is -0.788. The van der Waals surface area contributed by atoms with Gasteiger partial charge in [-0.2, -0.15) is 0 Å². The van der Waals surface area contributed by atoms with Crippen molar-refractivity contribution in [2.75, 3.05) is 13.7 Å². The Hall–Kier alpha value is -0.440. The monoisotopic (exact) mass is 559 g/mol. The zero-order chi connectivity index (χ0) is 20.6. The van der Waals surface area contributed by atoms with Crippen LogP contribution in [0, 0.1) is 16.4 Å². The van der Waals surface area contributed by atoms with Gasteiger partial charge < -0.3 is 14.4 Å². The van der Waals surface area contributed by atoms with E-state index in [-0.39, 0.29) is 30.6 Å². The first kappa shape index (κ1) is 22.2. The molecule has 2 heterocycles. The van der Waals surface area contributed by atoms with E-state index in [9.17, 15) is 9.59 Å². The van der Waals surface area contributed by atoms with Gasteiger partial charge in [-0.05, 0) is 66.0 Å². The maximum atomic E-state index is 12.7. The highest BCUT2D eigenvalue weighted by molar-refractivity contribution is 14.1. The average Bonchev–Trinajstić information content (AvgIpc) is 2.94. The molecule has 9 heteroatoms. The van der Waals surface area contributed by atoms with Crippen molar-refractivity contribution in [3.8, 4) is 0 Å². The van der Waals surface area contributed by atoms with E-state index in [0.29, 0.717) is 12.8 Å². The van der Waals surface area contributed by atoms with E-state index < -0.39 is 15.8 Å². The number of esters is 1. The molecule has 2 aliphatic rings. The van der Waals surface area contributed by atoms with Crippen LogP contribution in [0.4, 0.5) is 4.79 Å². The summed E-state index contributed by atoms with van der Waals surface area (Å²) in [6, 6.07) is 5.94. The molecule has 0 spiro atoms. The van der Waals surface area contributed by atoms with Gasteiger partial charge >= 0.3 is 12.1 Å². The van der Waals surface area contributed by atoms with Gasteiger partial charge in [0.1, 0.15) is 6.61 Å². The molecule has 0 saturated carbocycles. The average molecular weight is 561 g/mol. The van der Waals surface area contributed by atoms with Crippen LogP contribution in [0.3, 0.4) is 0 Å². The number of alkyl halides is 3. The number of amides is 1.